The average Bonchev–Trinajstić information content (AvgIpc) is 3.77. The quantitative estimate of drug-likeness (QED) is 0.157. The minimum atomic E-state index is 0.895. The molecule has 0 amide bonds. The predicted molar refractivity (Wildman–Crippen MR) is 275 cm³/mol. The van der Waals surface area contributed by atoms with Crippen LogP contribution in [0.2, 0.25) is 0 Å². The van der Waals surface area contributed by atoms with Crippen LogP contribution < -0.4 is 10.2 Å². The molecule has 0 atom stereocenters. The van der Waals surface area contributed by atoms with Crippen molar-refractivity contribution in [3.63, 3.8) is 0 Å². The second-order valence-electron chi connectivity index (χ2n) is 16.6. The predicted octanol–water partition coefficient (Wildman–Crippen LogP) is 17.8. The van der Waals surface area contributed by atoms with Crippen LogP contribution in [0.5, 0.6) is 0 Å². The summed E-state index contributed by atoms with van der Waals surface area (Å²) in [5.74, 6) is 0. The van der Waals surface area contributed by atoms with Crippen LogP contribution >= 0.6 is 0 Å². The van der Waals surface area contributed by atoms with Gasteiger partial charge in [0.1, 0.15) is 11.2 Å². The Labute approximate surface area is 378 Å². The van der Waals surface area contributed by atoms with E-state index in [1.807, 2.05) is 0 Å². The number of hydrogen-bond acceptors (Lipinski definition) is 3. The number of rotatable bonds is 9. The Bertz CT molecular complexity index is 3680. The van der Waals surface area contributed by atoms with Crippen molar-refractivity contribution in [1.82, 2.24) is 0 Å². The third kappa shape index (κ3) is 7.16. The number of nitrogens with zero attached hydrogens (tertiary/aromatic N) is 1. The summed E-state index contributed by atoms with van der Waals surface area (Å²) in [4.78, 5) is 2.35. The molecule has 0 fully saturated rings. The summed E-state index contributed by atoms with van der Waals surface area (Å²) in [5.41, 5.74) is 16.2. The molecule has 11 aromatic carbocycles. The minimum absolute atomic E-state index is 0.895. The molecular formula is C62H42N2O. The zero-order chi connectivity index (χ0) is 43.1. The maximum Gasteiger partial charge on any atom is 0.143 e. The van der Waals surface area contributed by atoms with Gasteiger partial charge in [0.25, 0.3) is 0 Å². The molecule has 1 N–H and O–H groups in total. The molecule has 12 aromatic rings. The summed E-state index contributed by atoms with van der Waals surface area (Å²) >= 11 is 0. The van der Waals surface area contributed by atoms with Crippen LogP contribution in [0.15, 0.2) is 253 Å². The van der Waals surface area contributed by atoms with E-state index in [1.54, 1.807) is 0 Å². The van der Waals surface area contributed by atoms with Crippen LogP contribution in [0, 0.1) is 0 Å². The first kappa shape index (κ1) is 38.0. The number of anilines is 5. The van der Waals surface area contributed by atoms with Crippen molar-refractivity contribution in [2.45, 2.75) is 0 Å². The van der Waals surface area contributed by atoms with Crippen LogP contribution in [-0.2, 0) is 0 Å². The topological polar surface area (TPSA) is 28.4 Å². The largest absolute Gasteiger partial charge is 0.455 e. The number of hydrogen-bond donors (Lipinski definition) is 1. The van der Waals surface area contributed by atoms with Gasteiger partial charge in [-0.05, 0) is 116 Å². The fourth-order valence-corrected chi connectivity index (χ4v) is 9.38. The molecule has 0 aliphatic heterocycles. The molecule has 12 rings (SSSR count). The van der Waals surface area contributed by atoms with Crippen LogP contribution in [0.1, 0.15) is 0 Å². The lowest BCUT2D eigenvalue weighted by Gasteiger charge is -2.26. The second kappa shape index (κ2) is 16.2. The third-order valence-electron chi connectivity index (χ3n) is 12.6. The van der Waals surface area contributed by atoms with Crippen LogP contribution in [-0.4, -0.2) is 0 Å². The summed E-state index contributed by atoms with van der Waals surface area (Å²) < 4.78 is 6.81. The summed E-state index contributed by atoms with van der Waals surface area (Å²) in [6.07, 6.45) is 0. The Kier molecular flexibility index (Phi) is 9.50. The van der Waals surface area contributed by atoms with E-state index in [0.29, 0.717) is 0 Å². The first-order chi connectivity index (χ1) is 32.2. The van der Waals surface area contributed by atoms with Gasteiger partial charge < -0.3 is 14.6 Å². The van der Waals surface area contributed by atoms with Gasteiger partial charge in [0.15, 0.2) is 0 Å². The van der Waals surface area contributed by atoms with Crippen molar-refractivity contribution in [3.05, 3.63) is 249 Å². The van der Waals surface area contributed by atoms with E-state index < -0.39 is 0 Å². The highest BCUT2D eigenvalue weighted by molar-refractivity contribution is 6.17. The molecule has 3 nitrogen and oxygen atoms in total. The summed E-state index contributed by atoms with van der Waals surface area (Å²) in [6.45, 7) is 0. The number of nitrogens with one attached hydrogen (secondary N) is 1. The van der Waals surface area contributed by atoms with Gasteiger partial charge in [-0.2, -0.15) is 0 Å². The summed E-state index contributed by atoms with van der Waals surface area (Å²) in [7, 11) is 0. The Morgan fingerprint density at radius 2 is 0.862 bits per heavy atom. The van der Waals surface area contributed by atoms with Crippen molar-refractivity contribution in [3.8, 4) is 44.5 Å². The molecule has 0 saturated heterocycles. The van der Waals surface area contributed by atoms with Crippen molar-refractivity contribution in [1.29, 1.82) is 0 Å². The van der Waals surface area contributed by atoms with E-state index >= 15 is 0 Å². The SMILES string of the molecule is c1ccc(-c2ccccc2Nc2cccc(-c3ccc(N(c4ccc(-c5ccc6ccccc6c5)cc4)c4cccc(-c5cccc6c5oc5c7ccccc7ccc65)c4)cc3)c2)cc1. The maximum absolute atomic E-state index is 6.81. The molecule has 1 aromatic heterocycles. The highest BCUT2D eigenvalue weighted by Crippen LogP contribution is 2.42. The fraction of sp³-hybridized carbons (Fsp3) is 0. The molecule has 0 aliphatic rings. The molecule has 0 bridgehead atoms. The zero-order valence-electron chi connectivity index (χ0n) is 35.5. The highest BCUT2D eigenvalue weighted by atomic mass is 16.3. The summed E-state index contributed by atoms with van der Waals surface area (Å²) in [5, 5.41) is 10.7. The lowest BCUT2D eigenvalue weighted by molar-refractivity contribution is 0.674. The molecule has 65 heavy (non-hydrogen) atoms. The molecule has 306 valence electrons. The smallest absolute Gasteiger partial charge is 0.143 e. The van der Waals surface area contributed by atoms with Crippen molar-refractivity contribution in [2.24, 2.45) is 0 Å². The molecule has 0 radical (unpaired) electrons. The van der Waals surface area contributed by atoms with Gasteiger partial charge in [-0.3, -0.25) is 0 Å². The number of para-hydroxylation sites is 2. The molecule has 0 saturated carbocycles. The number of furan rings is 1. The normalized spacial score (nSPS) is 11.4. The molecular weight excluding hydrogens is 789 g/mol. The summed E-state index contributed by atoms with van der Waals surface area (Å²) in [6, 6.07) is 88.9. The molecule has 1 heterocycles. The van der Waals surface area contributed by atoms with E-state index in [4.69, 9.17) is 4.42 Å². The van der Waals surface area contributed by atoms with E-state index in [9.17, 15) is 0 Å². The Morgan fingerprint density at radius 3 is 1.68 bits per heavy atom. The Hall–Kier alpha value is -8.66. The van der Waals surface area contributed by atoms with E-state index in [1.165, 1.54) is 38.4 Å². The lowest BCUT2D eigenvalue weighted by Crippen LogP contribution is -2.10. The lowest BCUT2D eigenvalue weighted by atomic mass is 9.99. The van der Waals surface area contributed by atoms with Crippen LogP contribution in [0.4, 0.5) is 28.4 Å². The number of benzene rings is 11. The van der Waals surface area contributed by atoms with E-state index in [2.05, 4.69) is 259 Å². The highest BCUT2D eigenvalue weighted by Gasteiger charge is 2.18. The van der Waals surface area contributed by atoms with Gasteiger partial charge in [0.05, 0.1) is 0 Å². The first-order valence-corrected chi connectivity index (χ1v) is 22.2. The maximum atomic E-state index is 6.81. The van der Waals surface area contributed by atoms with Gasteiger partial charge in [-0.25, -0.2) is 0 Å². The minimum Gasteiger partial charge on any atom is -0.455 e. The van der Waals surface area contributed by atoms with Gasteiger partial charge in [0.2, 0.25) is 0 Å². The molecule has 3 heteroatoms. The van der Waals surface area contributed by atoms with Crippen LogP contribution in [0.25, 0.3) is 88.0 Å². The van der Waals surface area contributed by atoms with Crippen molar-refractivity contribution in [2.75, 3.05) is 10.2 Å². The molecule has 0 spiro atoms. The average molecular weight is 831 g/mol. The molecule has 0 aliphatic carbocycles. The Balaban J connectivity index is 0.921. The third-order valence-corrected chi connectivity index (χ3v) is 12.6. The van der Waals surface area contributed by atoms with E-state index in [0.717, 1.165) is 78.0 Å². The van der Waals surface area contributed by atoms with Gasteiger partial charge >= 0.3 is 0 Å². The Morgan fingerprint density at radius 1 is 0.292 bits per heavy atom. The van der Waals surface area contributed by atoms with Crippen molar-refractivity contribution < 1.29 is 4.42 Å². The zero-order valence-corrected chi connectivity index (χ0v) is 35.5. The van der Waals surface area contributed by atoms with Crippen LogP contribution in [0.3, 0.4) is 0 Å². The van der Waals surface area contributed by atoms with E-state index in [-0.39, 0.29) is 0 Å². The number of fused-ring (bicyclic) bond motifs is 6. The first-order valence-electron chi connectivity index (χ1n) is 22.2. The fourth-order valence-electron chi connectivity index (χ4n) is 9.38. The second-order valence-corrected chi connectivity index (χ2v) is 16.6. The van der Waals surface area contributed by atoms with Gasteiger partial charge in [-0.15, -0.1) is 0 Å². The monoisotopic (exact) mass is 830 g/mol. The molecule has 0 unspecified atom stereocenters. The van der Waals surface area contributed by atoms with Crippen molar-refractivity contribution >= 4 is 71.9 Å². The van der Waals surface area contributed by atoms with Gasteiger partial charge in [-0.1, -0.05) is 182 Å². The standard InChI is InChI=1S/C62H42N2O/c1-2-14-45(15-3-1)55-22-8-9-26-60(55)63-51-20-10-18-48(40-51)43-29-34-52(35-30-43)64(53-36-31-44(32-37-53)49-28-27-42-13-4-5-17-47(42)39-49)54-21-11-19-50(41-54)57-24-12-25-58-59-38-33-46-16-6-7-23-56(46)61(59)65-62(57)58/h1-41,63H. The van der Waals surface area contributed by atoms with Gasteiger partial charge in [0, 0.05) is 55.7 Å².